The summed E-state index contributed by atoms with van der Waals surface area (Å²) in [6.45, 7) is 2.01. The third kappa shape index (κ3) is 3.12. The number of hydrogen-bond donors (Lipinski definition) is 3. The molecule has 5 nitrogen and oxygen atoms in total. The molecule has 0 aromatic carbocycles. The first-order chi connectivity index (χ1) is 9.42. The molecule has 1 saturated heterocycles. The molecule has 1 unspecified atom stereocenters. The molecule has 5 heteroatoms. The van der Waals surface area contributed by atoms with E-state index in [4.69, 9.17) is 0 Å². The molecule has 3 rings (SSSR count). The molecule has 2 aromatic rings. The Hall–Kier alpha value is -1.88. The lowest BCUT2D eigenvalue weighted by molar-refractivity contribution is 0.413. The fraction of sp³-hybridized carbons (Fsp3) is 0.429. The summed E-state index contributed by atoms with van der Waals surface area (Å²) in [7, 11) is 0. The molecule has 0 bridgehead atoms. The number of hydrogen-bond acceptors (Lipinski definition) is 4. The summed E-state index contributed by atoms with van der Waals surface area (Å²) >= 11 is 0. The molecule has 3 N–H and O–H groups in total. The van der Waals surface area contributed by atoms with E-state index in [9.17, 15) is 0 Å². The predicted octanol–water partition coefficient (Wildman–Crippen LogP) is 2.03. The Morgan fingerprint density at radius 1 is 1.26 bits per heavy atom. The zero-order valence-corrected chi connectivity index (χ0v) is 10.9. The van der Waals surface area contributed by atoms with Gasteiger partial charge in [-0.2, -0.15) is 0 Å². The number of anilines is 1. The summed E-state index contributed by atoms with van der Waals surface area (Å²) in [6, 6.07) is 4.52. The predicted molar refractivity (Wildman–Crippen MR) is 76.0 cm³/mol. The first-order valence-electron chi connectivity index (χ1n) is 6.85. The van der Waals surface area contributed by atoms with Gasteiger partial charge >= 0.3 is 0 Å². The topological polar surface area (TPSA) is 65.6 Å². The van der Waals surface area contributed by atoms with E-state index in [0.29, 0.717) is 12.0 Å². The summed E-state index contributed by atoms with van der Waals surface area (Å²) in [4.78, 5) is 11.8. The van der Waals surface area contributed by atoms with E-state index in [1.54, 1.807) is 0 Å². The molecule has 3 heterocycles. The third-order valence-corrected chi connectivity index (χ3v) is 3.48. The molecule has 1 aliphatic rings. The van der Waals surface area contributed by atoms with Crippen LogP contribution in [0, 0.1) is 0 Å². The second-order valence-electron chi connectivity index (χ2n) is 4.91. The minimum Gasteiger partial charge on any atom is -0.361 e. The maximum absolute atomic E-state index is 4.35. The molecule has 0 radical (unpaired) electrons. The van der Waals surface area contributed by atoms with Crippen molar-refractivity contribution < 1.29 is 0 Å². The zero-order chi connectivity index (χ0) is 12.9. The van der Waals surface area contributed by atoms with E-state index in [1.807, 2.05) is 30.7 Å². The normalized spacial score (nSPS) is 19.3. The molecule has 0 amide bonds. The van der Waals surface area contributed by atoms with Gasteiger partial charge in [-0.25, -0.2) is 9.97 Å². The third-order valence-electron chi connectivity index (χ3n) is 3.48. The second-order valence-corrected chi connectivity index (χ2v) is 4.91. The molecule has 1 aliphatic heterocycles. The summed E-state index contributed by atoms with van der Waals surface area (Å²) in [6.07, 6.45) is 9.42. The Labute approximate surface area is 112 Å². The van der Waals surface area contributed by atoms with Crippen molar-refractivity contribution in [3.05, 3.63) is 30.7 Å². The minimum absolute atomic E-state index is 0.542. The summed E-state index contributed by atoms with van der Waals surface area (Å²) < 4.78 is 0. The highest BCUT2D eigenvalue weighted by molar-refractivity contribution is 5.57. The van der Waals surface area contributed by atoms with Gasteiger partial charge in [-0.3, -0.25) is 0 Å². The number of aromatic amines is 1. The lowest BCUT2D eigenvalue weighted by atomic mass is 10.1. The van der Waals surface area contributed by atoms with Crippen LogP contribution in [-0.2, 0) is 0 Å². The maximum Gasteiger partial charge on any atom is 0.222 e. The number of nitrogens with zero attached hydrogens (tertiary/aromatic N) is 2. The van der Waals surface area contributed by atoms with Gasteiger partial charge in [0.1, 0.15) is 0 Å². The van der Waals surface area contributed by atoms with Crippen molar-refractivity contribution in [3.8, 4) is 11.3 Å². The summed E-state index contributed by atoms with van der Waals surface area (Å²) in [5.41, 5.74) is 2.05. The van der Waals surface area contributed by atoms with Gasteiger partial charge in [-0.15, -0.1) is 0 Å². The monoisotopic (exact) mass is 257 g/mol. The Kier molecular flexibility index (Phi) is 3.74. The first-order valence-corrected chi connectivity index (χ1v) is 6.85. The molecule has 0 spiro atoms. The molecule has 0 aliphatic carbocycles. The van der Waals surface area contributed by atoms with Crippen LogP contribution in [0.2, 0.25) is 0 Å². The fourth-order valence-corrected chi connectivity index (χ4v) is 2.38. The first kappa shape index (κ1) is 12.2. The van der Waals surface area contributed by atoms with E-state index < -0.39 is 0 Å². The van der Waals surface area contributed by atoms with Crippen LogP contribution in [0.5, 0.6) is 0 Å². The quantitative estimate of drug-likeness (QED) is 0.784. The van der Waals surface area contributed by atoms with Crippen molar-refractivity contribution in [2.24, 2.45) is 0 Å². The van der Waals surface area contributed by atoms with Crippen LogP contribution in [0.15, 0.2) is 30.7 Å². The van der Waals surface area contributed by atoms with E-state index in [2.05, 4.69) is 25.6 Å². The summed E-state index contributed by atoms with van der Waals surface area (Å²) in [5.74, 6) is 0.697. The minimum atomic E-state index is 0.542. The Balaban J connectivity index is 1.57. The Morgan fingerprint density at radius 2 is 2.16 bits per heavy atom. The van der Waals surface area contributed by atoms with Crippen molar-refractivity contribution >= 4 is 5.95 Å². The molecule has 1 atom stereocenters. The molecule has 100 valence electrons. The molecule has 0 saturated carbocycles. The van der Waals surface area contributed by atoms with Crippen LogP contribution in [-0.4, -0.2) is 34.1 Å². The number of aromatic nitrogens is 3. The number of nitrogens with one attached hydrogen (secondary N) is 3. The lowest BCUT2D eigenvalue weighted by Gasteiger charge is -2.23. The maximum atomic E-state index is 4.35. The molecule has 19 heavy (non-hydrogen) atoms. The van der Waals surface area contributed by atoms with Gasteiger partial charge in [0, 0.05) is 42.4 Å². The highest BCUT2D eigenvalue weighted by atomic mass is 15.1. The van der Waals surface area contributed by atoms with Gasteiger partial charge in [0.25, 0.3) is 0 Å². The summed E-state index contributed by atoms with van der Waals surface area (Å²) in [5, 5.41) is 6.79. The van der Waals surface area contributed by atoms with E-state index in [0.717, 1.165) is 24.3 Å². The Morgan fingerprint density at radius 3 is 2.84 bits per heavy atom. The average molecular weight is 257 g/mol. The van der Waals surface area contributed by atoms with Crippen LogP contribution in [0.1, 0.15) is 19.3 Å². The van der Waals surface area contributed by atoms with Gasteiger partial charge in [0.05, 0.1) is 0 Å². The van der Waals surface area contributed by atoms with E-state index >= 15 is 0 Å². The fourth-order valence-electron chi connectivity index (χ4n) is 2.38. The zero-order valence-electron chi connectivity index (χ0n) is 10.9. The Bertz CT molecular complexity index is 485. The van der Waals surface area contributed by atoms with Crippen molar-refractivity contribution in [1.29, 1.82) is 0 Å². The van der Waals surface area contributed by atoms with Crippen molar-refractivity contribution in [3.63, 3.8) is 0 Å². The standard InChI is InChI=1S/C14H19N5/c1-2-6-15-12(4-1)10-19-14-17-8-11(9-18-14)13-5-3-7-16-13/h3,5,7-9,12,15-16H,1-2,4,6,10H2,(H,17,18,19). The van der Waals surface area contributed by atoms with Crippen molar-refractivity contribution in [2.45, 2.75) is 25.3 Å². The van der Waals surface area contributed by atoms with E-state index in [-0.39, 0.29) is 0 Å². The van der Waals surface area contributed by atoms with Crippen molar-refractivity contribution in [2.75, 3.05) is 18.4 Å². The van der Waals surface area contributed by atoms with Gasteiger partial charge in [0.2, 0.25) is 5.95 Å². The van der Waals surface area contributed by atoms with Gasteiger partial charge in [-0.05, 0) is 31.5 Å². The second kappa shape index (κ2) is 5.84. The van der Waals surface area contributed by atoms with Crippen molar-refractivity contribution in [1.82, 2.24) is 20.3 Å². The van der Waals surface area contributed by atoms with E-state index in [1.165, 1.54) is 19.3 Å². The number of rotatable bonds is 4. The highest BCUT2D eigenvalue weighted by Gasteiger charge is 2.12. The van der Waals surface area contributed by atoms with Crippen LogP contribution < -0.4 is 10.6 Å². The largest absolute Gasteiger partial charge is 0.361 e. The van der Waals surface area contributed by atoms with Gasteiger partial charge in [0.15, 0.2) is 0 Å². The van der Waals surface area contributed by atoms with Crippen LogP contribution in [0.4, 0.5) is 5.95 Å². The molecular weight excluding hydrogens is 238 g/mol. The SMILES string of the molecule is c1c[nH]c(-c2cnc(NCC3CCCCN3)nc2)c1. The molecular formula is C14H19N5. The number of H-pyrrole nitrogens is 1. The van der Waals surface area contributed by atoms with Crippen LogP contribution in [0.25, 0.3) is 11.3 Å². The lowest BCUT2D eigenvalue weighted by Crippen LogP contribution is -2.39. The average Bonchev–Trinajstić information content (AvgIpc) is 3.01. The van der Waals surface area contributed by atoms with Crippen LogP contribution >= 0.6 is 0 Å². The van der Waals surface area contributed by atoms with Crippen LogP contribution in [0.3, 0.4) is 0 Å². The molecule has 2 aromatic heterocycles. The molecule has 1 fully saturated rings. The smallest absolute Gasteiger partial charge is 0.222 e. The highest BCUT2D eigenvalue weighted by Crippen LogP contribution is 2.15. The van der Waals surface area contributed by atoms with Gasteiger partial charge < -0.3 is 15.6 Å². The number of piperidine rings is 1. The van der Waals surface area contributed by atoms with Gasteiger partial charge in [-0.1, -0.05) is 6.42 Å².